The fourth-order valence-electron chi connectivity index (χ4n) is 0.212. The number of carbonyl (C=O) groups is 1. The maximum absolute atomic E-state index is 9.71. The summed E-state index contributed by atoms with van der Waals surface area (Å²) in [5, 5.41) is 7.96. The van der Waals surface area contributed by atoms with Crippen LogP contribution in [0.15, 0.2) is 12.8 Å². The lowest BCUT2D eigenvalue weighted by Crippen LogP contribution is -1.88. The van der Waals surface area contributed by atoms with E-state index in [9.17, 15) is 4.79 Å². The van der Waals surface area contributed by atoms with Crippen LogP contribution in [0.5, 0.6) is 0 Å². The van der Waals surface area contributed by atoms with Crippen molar-refractivity contribution >= 4 is 5.97 Å². The molecule has 0 radical (unpaired) electrons. The number of carboxylic acid groups (broad SMARTS) is 1. The summed E-state index contributed by atoms with van der Waals surface area (Å²) in [6, 6.07) is 0. The SMILES string of the molecule is C=COCC#CC(=O)O. The Bertz CT molecular complexity index is 161. The highest BCUT2D eigenvalue weighted by atomic mass is 16.5. The molecule has 0 aromatic rings. The molecule has 0 aliphatic rings. The third-order valence-corrected chi connectivity index (χ3v) is 0.469. The van der Waals surface area contributed by atoms with E-state index >= 15 is 0 Å². The van der Waals surface area contributed by atoms with E-state index in [4.69, 9.17) is 5.11 Å². The molecule has 0 unspecified atom stereocenters. The second-order valence-electron chi connectivity index (χ2n) is 1.08. The first-order valence-electron chi connectivity index (χ1n) is 2.21. The lowest BCUT2D eigenvalue weighted by atomic mass is 10.6. The van der Waals surface area contributed by atoms with Gasteiger partial charge in [-0.15, -0.1) is 0 Å². The monoisotopic (exact) mass is 126 g/mol. The van der Waals surface area contributed by atoms with Crippen LogP contribution in [0, 0.1) is 11.8 Å². The van der Waals surface area contributed by atoms with Crippen molar-refractivity contribution in [3.8, 4) is 11.8 Å². The van der Waals surface area contributed by atoms with Crippen molar-refractivity contribution in [2.24, 2.45) is 0 Å². The number of aliphatic carboxylic acids is 1. The number of rotatable bonds is 2. The Labute approximate surface area is 52.9 Å². The Morgan fingerprint density at radius 2 is 2.56 bits per heavy atom. The average molecular weight is 126 g/mol. The molecule has 0 aromatic heterocycles. The van der Waals surface area contributed by atoms with Gasteiger partial charge in [0.25, 0.3) is 0 Å². The fourth-order valence-corrected chi connectivity index (χ4v) is 0.212. The fraction of sp³-hybridized carbons (Fsp3) is 0.167. The molecule has 0 amide bonds. The summed E-state index contributed by atoms with van der Waals surface area (Å²) in [6.45, 7) is 3.32. The van der Waals surface area contributed by atoms with E-state index in [2.05, 4.69) is 17.2 Å². The first kappa shape index (κ1) is 7.57. The van der Waals surface area contributed by atoms with E-state index in [0.717, 1.165) is 0 Å². The van der Waals surface area contributed by atoms with Crippen molar-refractivity contribution in [1.82, 2.24) is 0 Å². The van der Waals surface area contributed by atoms with Crippen molar-refractivity contribution in [2.45, 2.75) is 0 Å². The van der Waals surface area contributed by atoms with Gasteiger partial charge in [0.05, 0.1) is 6.26 Å². The molecular formula is C6H6O3. The molecule has 3 nitrogen and oxygen atoms in total. The maximum Gasteiger partial charge on any atom is 0.382 e. The standard InChI is InChI=1S/C6H6O3/c1-2-9-5-3-4-6(7)8/h2H,1,5H2,(H,7,8). The number of hydrogen-bond donors (Lipinski definition) is 1. The highest BCUT2D eigenvalue weighted by Crippen LogP contribution is 1.68. The van der Waals surface area contributed by atoms with Gasteiger partial charge in [0, 0.05) is 5.92 Å². The molecule has 0 atom stereocenters. The summed E-state index contributed by atoms with van der Waals surface area (Å²) < 4.78 is 4.51. The Balaban J connectivity index is 3.37. The summed E-state index contributed by atoms with van der Waals surface area (Å²) in [5.41, 5.74) is 0. The van der Waals surface area contributed by atoms with Crippen molar-refractivity contribution in [3.05, 3.63) is 12.8 Å². The summed E-state index contributed by atoms with van der Waals surface area (Å²) in [5.74, 6) is 2.97. The maximum atomic E-state index is 9.71. The van der Waals surface area contributed by atoms with Gasteiger partial charge in [0.1, 0.15) is 6.61 Å². The van der Waals surface area contributed by atoms with Crippen LogP contribution in [0.1, 0.15) is 0 Å². The van der Waals surface area contributed by atoms with Crippen LogP contribution in [0.25, 0.3) is 0 Å². The van der Waals surface area contributed by atoms with Crippen LogP contribution in [0.3, 0.4) is 0 Å². The van der Waals surface area contributed by atoms with E-state index in [-0.39, 0.29) is 6.61 Å². The first-order valence-corrected chi connectivity index (χ1v) is 2.21. The molecule has 0 bridgehead atoms. The second kappa shape index (κ2) is 4.72. The lowest BCUT2D eigenvalue weighted by Gasteiger charge is -1.85. The Hall–Kier alpha value is -1.43. The second-order valence-corrected chi connectivity index (χ2v) is 1.08. The van der Waals surface area contributed by atoms with Crippen molar-refractivity contribution in [2.75, 3.05) is 6.61 Å². The molecule has 0 fully saturated rings. The zero-order chi connectivity index (χ0) is 7.11. The minimum atomic E-state index is -1.15. The Morgan fingerprint density at radius 3 is 3.00 bits per heavy atom. The third kappa shape index (κ3) is 6.57. The topological polar surface area (TPSA) is 46.5 Å². The molecule has 0 rings (SSSR count). The predicted molar refractivity (Wildman–Crippen MR) is 31.6 cm³/mol. The van der Waals surface area contributed by atoms with Crippen LogP contribution >= 0.6 is 0 Å². The number of hydrogen-bond acceptors (Lipinski definition) is 2. The van der Waals surface area contributed by atoms with Gasteiger partial charge < -0.3 is 9.84 Å². The normalized spacial score (nSPS) is 6.67. The summed E-state index contributed by atoms with van der Waals surface area (Å²) in [7, 11) is 0. The van der Waals surface area contributed by atoms with E-state index in [1.54, 1.807) is 0 Å². The predicted octanol–water partition coefficient (Wildman–Crippen LogP) is 0.234. The van der Waals surface area contributed by atoms with Gasteiger partial charge in [-0.1, -0.05) is 6.58 Å². The molecule has 0 spiro atoms. The minimum absolute atomic E-state index is 0.0792. The molecule has 0 aliphatic carbocycles. The summed E-state index contributed by atoms with van der Waals surface area (Å²) in [6.07, 6.45) is 1.20. The third-order valence-electron chi connectivity index (χ3n) is 0.469. The van der Waals surface area contributed by atoms with E-state index in [1.807, 2.05) is 5.92 Å². The Morgan fingerprint density at radius 1 is 1.89 bits per heavy atom. The van der Waals surface area contributed by atoms with E-state index < -0.39 is 5.97 Å². The van der Waals surface area contributed by atoms with Gasteiger partial charge in [0.2, 0.25) is 0 Å². The van der Waals surface area contributed by atoms with Gasteiger partial charge in [-0.2, -0.15) is 0 Å². The van der Waals surface area contributed by atoms with Crippen LogP contribution in [0.2, 0.25) is 0 Å². The molecule has 48 valence electrons. The van der Waals surface area contributed by atoms with Gasteiger partial charge in [-0.05, 0) is 5.92 Å². The molecule has 0 aromatic carbocycles. The van der Waals surface area contributed by atoms with Gasteiger partial charge in [-0.25, -0.2) is 4.79 Å². The van der Waals surface area contributed by atoms with E-state index in [1.165, 1.54) is 6.26 Å². The molecular weight excluding hydrogens is 120 g/mol. The van der Waals surface area contributed by atoms with Crippen LogP contribution in [0.4, 0.5) is 0 Å². The molecule has 0 heterocycles. The highest BCUT2D eigenvalue weighted by Gasteiger charge is 1.80. The van der Waals surface area contributed by atoms with Crippen LogP contribution in [-0.2, 0) is 9.53 Å². The van der Waals surface area contributed by atoms with Crippen LogP contribution < -0.4 is 0 Å². The first-order chi connectivity index (χ1) is 4.27. The van der Waals surface area contributed by atoms with Crippen molar-refractivity contribution in [3.63, 3.8) is 0 Å². The molecule has 0 saturated heterocycles. The van der Waals surface area contributed by atoms with Crippen LogP contribution in [-0.4, -0.2) is 17.7 Å². The minimum Gasteiger partial charge on any atom is -0.489 e. The molecule has 0 aliphatic heterocycles. The number of carboxylic acids is 1. The highest BCUT2D eigenvalue weighted by molar-refractivity contribution is 5.86. The van der Waals surface area contributed by atoms with Gasteiger partial charge >= 0.3 is 5.97 Å². The number of ether oxygens (including phenoxy) is 1. The Kier molecular flexibility index (Phi) is 3.97. The lowest BCUT2D eigenvalue weighted by molar-refractivity contribution is -0.130. The molecule has 1 N–H and O–H groups in total. The van der Waals surface area contributed by atoms with Crippen molar-refractivity contribution in [1.29, 1.82) is 0 Å². The smallest absolute Gasteiger partial charge is 0.382 e. The molecule has 3 heteroatoms. The zero-order valence-corrected chi connectivity index (χ0v) is 4.76. The van der Waals surface area contributed by atoms with Crippen molar-refractivity contribution < 1.29 is 14.6 Å². The summed E-state index contributed by atoms with van der Waals surface area (Å²) in [4.78, 5) is 9.71. The molecule has 0 saturated carbocycles. The molecule has 9 heavy (non-hydrogen) atoms. The largest absolute Gasteiger partial charge is 0.489 e. The van der Waals surface area contributed by atoms with E-state index in [0.29, 0.717) is 0 Å². The quantitative estimate of drug-likeness (QED) is 0.327. The average Bonchev–Trinajstić information content (AvgIpc) is 1.80. The van der Waals surface area contributed by atoms with Gasteiger partial charge in [0.15, 0.2) is 0 Å². The zero-order valence-electron chi connectivity index (χ0n) is 4.76. The van der Waals surface area contributed by atoms with Gasteiger partial charge in [-0.3, -0.25) is 0 Å². The summed E-state index contributed by atoms with van der Waals surface area (Å²) >= 11 is 0.